The average molecular weight is 369 g/mol. The Balaban J connectivity index is 1.20. The van der Waals surface area contributed by atoms with E-state index in [4.69, 9.17) is 21.1 Å². The quantitative estimate of drug-likeness (QED) is 0.883. The number of alkyl carbamates (subject to hydrolysis) is 1. The Hall–Kier alpha value is -1.86. The monoisotopic (exact) mass is 368 g/mol. The number of hydrogen-bond donors (Lipinski definition) is 1. The minimum absolute atomic E-state index is 0.0337. The third-order valence-electron chi connectivity index (χ3n) is 5.12. The van der Waals surface area contributed by atoms with E-state index in [9.17, 15) is 14.0 Å². The standard InChI is InChI=1S/C17H18ClFN2O4/c18-14-3-12(19)2-1-10(14)8-24-13-6-21(7-13)15(22)11-4-17(5-11)9-25-16(23)20-17/h1-3,11,13H,4-9H2,(H,20,23)/t11-,17+. The van der Waals surface area contributed by atoms with Gasteiger partial charge in [0.1, 0.15) is 12.4 Å². The van der Waals surface area contributed by atoms with E-state index in [0.717, 1.165) is 5.56 Å². The molecule has 0 radical (unpaired) electrons. The van der Waals surface area contributed by atoms with Crippen LogP contribution < -0.4 is 5.32 Å². The van der Waals surface area contributed by atoms with Crippen molar-refractivity contribution in [2.45, 2.75) is 31.1 Å². The number of nitrogens with one attached hydrogen (secondary N) is 1. The molecule has 25 heavy (non-hydrogen) atoms. The number of amides is 2. The normalized spacial score (nSPS) is 28.3. The van der Waals surface area contributed by atoms with Crippen molar-refractivity contribution < 1.29 is 23.5 Å². The van der Waals surface area contributed by atoms with Gasteiger partial charge in [-0.05, 0) is 30.5 Å². The molecule has 0 aromatic heterocycles. The van der Waals surface area contributed by atoms with Crippen molar-refractivity contribution in [1.82, 2.24) is 10.2 Å². The first-order valence-corrected chi connectivity index (χ1v) is 8.61. The van der Waals surface area contributed by atoms with Crippen LogP contribution in [0.5, 0.6) is 0 Å². The smallest absolute Gasteiger partial charge is 0.407 e. The molecule has 8 heteroatoms. The highest BCUT2D eigenvalue weighted by Crippen LogP contribution is 2.42. The number of halogens is 2. The number of rotatable bonds is 4. The van der Waals surface area contributed by atoms with Gasteiger partial charge in [-0.15, -0.1) is 0 Å². The van der Waals surface area contributed by atoms with Crippen LogP contribution in [-0.4, -0.2) is 48.2 Å². The van der Waals surface area contributed by atoms with Crippen LogP contribution in [0, 0.1) is 11.7 Å². The summed E-state index contributed by atoms with van der Waals surface area (Å²) in [4.78, 5) is 25.3. The summed E-state index contributed by atoms with van der Waals surface area (Å²) < 4.78 is 23.7. The van der Waals surface area contributed by atoms with Gasteiger partial charge in [0.2, 0.25) is 5.91 Å². The molecule has 3 fully saturated rings. The van der Waals surface area contributed by atoms with Crippen LogP contribution in [0.4, 0.5) is 9.18 Å². The zero-order valence-electron chi connectivity index (χ0n) is 13.5. The summed E-state index contributed by atoms with van der Waals surface area (Å²) in [5.74, 6) is -0.336. The lowest BCUT2D eigenvalue weighted by Crippen LogP contribution is -2.62. The number of cyclic esters (lactones) is 1. The molecule has 0 bridgehead atoms. The minimum Gasteiger partial charge on any atom is -0.447 e. The highest BCUT2D eigenvalue weighted by molar-refractivity contribution is 6.31. The molecule has 1 saturated carbocycles. The van der Waals surface area contributed by atoms with E-state index in [2.05, 4.69) is 5.32 Å². The molecule has 4 rings (SSSR count). The number of ether oxygens (including phenoxy) is 2. The Labute approximate surface area is 149 Å². The molecule has 2 amide bonds. The van der Waals surface area contributed by atoms with Crippen molar-refractivity contribution in [2.24, 2.45) is 5.92 Å². The van der Waals surface area contributed by atoms with Crippen molar-refractivity contribution in [1.29, 1.82) is 0 Å². The third-order valence-corrected chi connectivity index (χ3v) is 5.47. The van der Waals surface area contributed by atoms with E-state index < -0.39 is 6.09 Å². The second-order valence-corrected chi connectivity index (χ2v) is 7.41. The van der Waals surface area contributed by atoms with E-state index in [1.807, 2.05) is 0 Å². The Morgan fingerprint density at radius 1 is 1.44 bits per heavy atom. The van der Waals surface area contributed by atoms with E-state index in [1.165, 1.54) is 12.1 Å². The van der Waals surface area contributed by atoms with Crippen molar-refractivity contribution in [2.75, 3.05) is 19.7 Å². The molecule has 1 N–H and O–H groups in total. The fourth-order valence-corrected chi connectivity index (χ4v) is 3.82. The number of likely N-dealkylation sites (tertiary alicyclic amines) is 1. The molecule has 0 atom stereocenters. The summed E-state index contributed by atoms with van der Waals surface area (Å²) >= 11 is 5.97. The van der Waals surface area contributed by atoms with Crippen molar-refractivity contribution >= 4 is 23.6 Å². The Morgan fingerprint density at radius 3 is 2.84 bits per heavy atom. The first-order chi connectivity index (χ1) is 11.9. The maximum absolute atomic E-state index is 13.0. The molecule has 2 aliphatic heterocycles. The molecule has 1 spiro atoms. The maximum atomic E-state index is 13.0. The summed E-state index contributed by atoms with van der Waals surface area (Å²) in [7, 11) is 0. The number of hydrogen-bond acceptors (Lipinski definition) is 4. The van der Waals surface area contributed by atoms with Crippen LogP contribution in [0.2, 0.25) is 5.02 Å². The van der Waals surface area contributed by atoms with Gasteiger partial charge in [-0.3, -0.25) is 4.79 Å². The van der Waals surface area contributed by atoms with Crippen LogP contribution in [0.15, 0.2) is 18.2 Å². The molecular formula is C17H18ClFN2O4. The zero-order valence-corrected chi connectivity index (χ0v) is 14.2. The number of carbonyl (C=O) groups is 2. The van der Waals surface area contributed by atoms with Gasteiger partial charge in [-0.25, -0.2) is 9.18 Å². The van der Waals surface area contributed by atoms with Gasteiger partial charge in [0.25, 0.3) is 0 Å². The molecule has 3 aliphatic rings. The van der Waals surface area contributed by atoms with Crippen molar-refractivity contribution in [3.05, 3.63) is 34.6 Å². The Morgan fingerprint density at radius 2 is 2.20 bits per heavy atom. The number of carbonyl (C=O) groups excluding carboxylic acids is 2. The van der Waals surface area contributed by atoms with Crippen LogP contribution in [-0.2, 0) is 20.9 Å². The molecular weight excluding hydrogens is 351 g/mol. The summed E-state index contributed by atoms with van der Waals surface area (Å²) in [6, 6.07) is 4.21. The van der Waals surface area contributed by atoms with E-state index in [-0.39, 0.29) is 29.3 Å². The highest BCUT2D eigenvalue weighted by Gasteiger charge is 2.54. The highest BCUT2D eigenvalue weighted by atomic mass is 35.5. The summed E-state index contributed by atoms with van der Waals surface area (Å²) in [6.45, 7) is 1.73. The molecule has 0 unspecified atom stereocenters. The summed E-state index contributed by atoms with van der Waals surface area (Å²) in [6.07, 6.45) is 0.826. The van der Waals surface area contributed by atoms with Crippen LogP contribution in [0.3, 0.4) is 0 Å². The molecule has 2 saturated heterocycles. The Bertz CT molecular complexity index is 717. The van der Waals surface area contributed by atoms with Crippen LogP contribution in [0.25, 0.3) is 0 Å². The fraction of sp³-hybridized carbons (Fsp3) is 0.529. The van der Waals surface area contributed by atoms with Crippen LogP contribution in [0.1, 0.15) is 18.4 Å². The molecule has 2 heterocycles. The molecule has 134 valence electrons. The number of benzene rings is 1. The lowest BCUT2D eigenvalue weighted by atomic mass is 9.68. The molecule has 6 nitrogen and oxygen atoms in total. The largest absolute Gasteiger partial charge is 0.447 e. The van der Waals surface area contributed by atoms with E-state index >= 15 is 0 Å². The predicted molar refractivity (Wildman–Crippen MR) is 86.5 cm³/mol. The minimum atomic E-state index is -0.400. The SMILES string of the molecule is O=C1N[C@]2(CO1)C[C@H](C(=O)N1CC(OCc3ccc(F)cc3Cl)C1)C2. The van der Waals surface area contributed by atoms with E-state index in [1.54, 1.807) is 11.0 Å². The molecule has 1 aromatic carbocycles. The van der Waals surface area contributed by atoms with Gasteiger partial charge in [0.05, 0.1) is 18.2 Å². The summed E-state index contributed by atoms with van der Waals surface area (Å²) in [5, 5.41) is 3.13. The first-order valence-electron chi connectivity index (χ1n) is 8.23. The number of nitrogens with zero attached hydrogens (tertiary/aromatic N) is 1. The zero-order chi connectivity index (χ0) is 17.6. The second-order valence-electron chi connectivity index (χ2n) is 7.00. The van der Waals surface area contributed by atoms with Gasteiger partial charge in [0.15, 0.2) is 0 Å². The predicted octanol–water partition coefficient (Wildman–Crippen LogP) is 2.10. The van der Waals surface area contributed by atoms with Crippen molar-refractivity contribution in [3.63, 3.8) is 0 Å². The van der Waals surface area contributed by atoms with Gasteiger partial charge in [-0.1, -0.05) is 17.7 Å². The average Bonchev–Trinajstić information content (AvgIpc) is 2.88. The first kappa shape index (κ1) is 16.6. The lowest BCUT2D eigenvalue weighted by Gasteiger charge is -2.47. The maximum Gasteiger partial charge on any atom is 0.407 e. The van der Waals surface area contributed by atoms with Crippen LogP contribution >= 0.6 is 11.6 Å². The van der Waals surface area contributed by atoms with E-state index in [0.29, 0.717) is 44.2 Å². The molecule has 1 aliphatic carbocycles. The Kier molecular flexibility index (Phi) is 4.08. The van der Waals surface area contributed by atoms with Gasteiger partial charge in [0, 0.05) is 24.0 Å². The van der Waals surface area contributed by atoms with Crippen molar-refractivity contribution in [3.8, 4) is 0 Å². The topological polar surface area (TPSA) is 67.9 Å². The summed E-state index contributed by atoms with van der Waals surface area (Å²) in [5.41, 5.74) is 0.392. The van der Waals surface area contributed by atoms with Gasteiger partial charge in [-0.2, -0.15) is 0 Å². The lowest BCUT2D eigenvalue weighted by molar-refractivity contribution is -0.155. The van der Waals surface area contributed by atoms with Gasteiger partial charge < -0.3 is 19.7 Å². The third kappa shape index (κ3) is 3.18. The van der Waals surface area contributed by atoms with Gasteiger partial charge >= 0.3 is 6.09 Å². The second kappa shape index (κ2) is 6.14. The fourth-order valence-electron chi connectivity index (χ4n) is 3.60. The molecule has 1 aromatic rings.